The Bertz CT molecular complexity index is 566. The van der Waals surface area contributed by atoms with Gasteiger partial charge in [-0.05, 0) is 33.6 Å². The van der Waals surface area contributed by atoms with E-state index in [4.69, 9.17) is 4.74 Å². The smallest absolute Gasteiger partial charge is 0.236 e. The Kier molecular flexibility index (Phi) is 3.11. The second-order valence-electron chi connectivity index (χ2n) is 4.03. The average molecular weight is 303 g/mol. The molecule has 0 N–H and O–H groups in total. The molecule has 90 valence electrons. The highest BCUT2D eigenvalue weighted by molar-refractivity contribution is 9.10. The third-order valence-electron chi connectivity index (χ3n) is 2.78. The first-order chi connectivity index (χ1) is 8.83. The largest absolute Gasteiger partial charge is 0.474 e. The van der Waals surface area contributed by atoms with Crippen molar-refractivity contribution in [2.24, 2.45) is 4.99 Å². The topological polar surface area (TPSA) is 34.5 Å². The van der Waals surface area contributed by atoms with Gasteiger partial charge in [-0.15, -0.1) is 0 Å². The van der Waals surface area contributed by atoms with Crippen molar-refractivity contribution in [2.75, 3.05) is 6.61 Å². The molecule has 2 aromatic rings. The molecule has 0 unspecified atom stereocenters. The number of halogens is 1. The molecule has 3 nitrogen and oxygen atoms in total. The summed E-state index contributed by atoms with van der Waals surface area (Å²) in [4.78, 5) is 8.86. The zero-order chi connectivity index (χ0) is 12.4. The van der Waals surface area contributed by atoms with Crippen LogP contribution in [0.2, 0.25) is 0 Å². The third kappa shape index (κ3) is 2.29. The maximum atomic E-state index is 5.62. The molecule has 0 radical (unpaired) electrons. The molecule has 2 heterocycles. The fourth-order valence-electron chi connectivity index (χ4n) is 1.86. The van der Waals surface area contributed by atoms with Gasteiger partial charge < -0.3 is 4.74 Å². The number of hydrogen-bond donors (Lipinski definition) is 0. The fourth-order valence-corrected chi connectivity index (χ4v) is 2.10. The maximum Gasteiger partial charge on any atom is 0.236 e. The average Bonchev–Trinajstić information content (AvgIpc) is 2.90. The minimum absolute atomic E-state index is 0.0756. The molecule has 1 aromatic heterocycles. The van der Waals surface area contributed by atoms with Gasteiger partial charge in [0.2, 0.25) is 5.90 Å². The lowest BCUT2D eigenvalue weighted by atomic mass is 10.1. The Morgan fingerprint density at radius 3 is 2.67 bits per heavy atom. The first-order valence-electron chi connectivity index (χ1n) is 5.70. The van der Waals surface area contributed by atoms with Crippen molar-refractivity contribution in [3.8, 4) is 0 Å². The van der Waals surface area contributed by atoms with Crippen molar-refractivity contribution < 1.29 is 4.74 Å². The highest BCUT2D eigenvalue weighted by Gasteiger charge is 2.21. The SMILES string of the molecule is Brc1ccc(C2=N[C@@H](c3ccccc3)CO2)nc1. The van der Waals surface area contributed by atoms with Crippen LogP contribution >= 0.6 is 15.9 Å². The van der Waals surface area contributed by atoms with E-state index in [1.165, 1.54) is 5.56 Å². The monoisotopic (exact) mass is 302 g/mol. The summed E-state index contributed by atoms with van der Waals surface area (Å²) in [7, 11) is 0. The van der Waals surface area contributed by atoms with Crippen LogP contribution in [0.5, 0.6) is 0 Å². The number of nitrogens with zero attached hydrogens (tertiary/aromatic N) is 2. The fraction of sp³-hybridized carbons (Fsp3) is 0.143. The van der Waals surface area contributed by atoms with E-state index in [0.717, 1.165) is 10.2 Å². The van der Waals surface area contributed by atoms with E-state index in [1.54, 1.807) is 6.20 Å². The van der Waals surface area contributed by atoms with Crippen molar-refractivity contribution >= 4 is 21.8 Å². The van der Waals surface area contributed by atoms with Crippen LogP contribution < -0.4 is 0 Å². The summed E-state index contributed by atoms with van der Waals surface area (Å²) < 4.78 is 6.57. The van der Waals surface area contributed by atoms with Gasteiger partial charge in [0.05, 0.1) is 0 Å². The molecule has 18 heavy (non-hydrogen) atoms. The Labute approximate surface area is 114 Å². The molecule has 1 atom stereocenters. The molecule has 1 aliphatic heterocycles. The molecule has 0 saturated carbocycles. The van der Waals surface area contributed by atoms with Crippen molar-refractivity contribution in [1.29, 1.82) is 0 Å². The normalized spacial score (nSPS) is 18.3. The van der Waals surface area contributed by atoms with Gasteiger partial charge >= 0.3 is 0 Å². The number of hydrogen-bond acceptors (Lipinski definition) is 3. The van der Waals surface area contributed by atoms with E-state index in [9.17, 15) is 0 Å². The van der Waals surface area contributed by atoms with Crippen LogP contribution in [0.3, 0.4) is 0 Å². The van der Waals surface area contributed by atoms with Gasteiger partial charge in [-0.25, -0.2) is 4.99 Å². The number of aromatic nitrogens is 1. The standard InChI is InChI=1S/C14H11BrN2O/c15-11-6-7-12(16-8-11)14-17-13(9-18-14)10-4-2-1-3-5-10/h1-8,13H,9H2/t13-/m1/s1. The third-order valence-corrected chi connectivity index (χ3v) is 3.25. The van der Waals surface area contributed by atoms with Crippen molar-refractivity contribution in [3.05, 3.63) is 64.4 Å². The summed E-state index contributed by atoms with van der Waals surface area (Å²) in [6.07, 6.45) is 1.75. The Balaban J connectivity index is 1.86. The van der Waals surface area contributed by atoms with Gasteiger partial charge in [-0.2, -0.15) is 0 Å². The van der Waals surface area contributed by atoms with Crippen LogP contribution in [0.15, 0.2) is 58.1 Å². The lowest BCUT2D eigenvalue weighted by molar-refractivity contribution is 0.319. The molecule has 0 aliphatic carbocycles. The van der Waals surface area contributed by atoms with Gasteiger partial charge in [-0.3, -0.25) is 4.98 Å². The Morgan fingerprint density at radius 1 is 1.11 bits per heavy atom. The molecule has 0 spiro atoms. The van der Waals surface area contributed by atoms with Crippen molar-refractivity contribution in [3.63, 3.8) is 0 Å². The minimum atomic E-state index is 0.0756. The Hall–Kier alpha value is -1.68. The maximum absolute atomic E-state index is 5.62. The van der Waals surface area contributed by atoms with E-state index in [-0.39, 0.29) is 6.04 Å². The van der Waals surface area contributed by atoms with Gasteiger partial charge in [0.25, 0.3) is 0 Å². The number of benzene rings is 1. The predicted octanol–water partition coefficient (Wildman–Crippen LogP) is 3.36. The molecule has 4 heteroatoms. The first kappa shape index (κ1) is 11.4. The first-order valence-corrected chi connectivity index (χ1v) is 6.50. The van der Waals surface area contributed by atoms with Gasteiger partial charge in [-0.1, -0.05) is 30.3 Å². The molecule has 1 aliphatic rings. The number of aliphatic imine (C=N–C) groups is 1. The highest BCUT2D eigenvalue weighted by Crippen LogP contribution is 2.24. The molecule has 3 rings (SSSR count). The number of rotatable bonds is 2. The zero-order valence-corrected chi connectivity index (χ0v) is 11.2. The van der Waals surface area contributed by atoms with E-state index >= 15 is 0 Å². The van der Waals surface area contributed by atoms with Gasteiger partial charge in [0, 0.05) is 10.7 Å². The summed E-state index contributed by atoms with van der Waals surface area (Å²) in [5.41, 5.74) is 1.95. The molecule has 1 aromatic carbocycles. The Morgan fingerprint density at radius 2 is 1.94 bits per heavy atom. The van der Waals surface area contributed by atoms with Crippen LogP contribution in [0, 0.1) is 0 Å². The van der Waals surface area contributed by atoms with E-state index in [1.807, 2.05) is 30.3 Å². The minimum Gasteiger partial charge on any atom is -0.474 e. The van der Waals surface area contributed by atoms with Gasteiger partial charge in [0.15, 0.2) is 0 Å². The van der Waals surface area contributed by atoms with Crippen LogP contribution in [-0.2, 0) is 4.74 Å². The summed E-state index contributed by atoms with van der Waals surface area (Å²) >= 11 is 3.36. The molecular formula is C14H11BrN2O. The van der Waals surface area contributed by atoms with Crippen LogP contribution in [0.1, 0.15) is 17.3 Å². The van der Waals surface area contributed by atoms with E-state index < -0.39 is 0 Å². The summed E-state index contributed by atoms with van der Waals surface area (Å²) in [5.74, 6) is 0.622. The summed E-state index contributed by atoms with van der Waals surface area (Å²) in [5, 5.41) is 0. The lowest BCUT2D eigenvalue weighted by Gasteiger charge is -2.03. The van der Waals surface area contributed by atoms with Crippen LogP contribution in [0.25, 0.3) is 0 Å². The lowest BCUT2D eigenvalue weighted by Crippen LogP contribution is -2.03. The summed E-state index contributed by atoms with van der Waals surface area (Å²) in [6, 6.07) is 14.1. The quantitative estimate of drug-likeness (QED) is 0.852. The zero-order valence-electron chi connectivity index (χ0n) is 9.58. The van der Waals surface area contributed by atoms with Crippen LogP contribution in [-0.4, -0.2) is 17.5 Å². The van der Waals surface area contributed by atoms with Crippen molar-refractivity contribution in [1.82, 2.24) is 4.98 Å². The van der Waals surface area contributed by atoms with Crippen molar-refractivity contribution in [2.45, 2.75) is 6.04 Å². The van der Waals surface area contributed by atoms with E-state index in [2.05, 4.69) is 38.0 Å². The number of pyridine rings is 1. The second kappa shape index (κ2) is 4.90. The van der Waals surface area contributed by atoms with Gasteiger partial charge in [0.1, 0.15) is 18.3 Å². The molecule has 0 saturated heterocycles. The molecular weight excluding hydrogens is 292 g/mol. The molecule has 0 fully saturated rings. The molecule has 0 bridgehead atoms. The highest BCUT2D eigenvalue weighted by atomic mass is 79.9. The van der Waals surface area contributed by atoms with Crippen LogP contribution in [0.4, 0.5) is 0 Å². The molecule has 0 amide bonds. The predicted molar refractivity (Wildman–Crippen MR) is 73.6 cm³/mol. The number of ether oxygens (including phenoxy) is 1. The van der Waals surface area contributed by atoms with E-state index in [0.29, 0.717) is 12.5 Å². The second-order valence-corrected chi connectivity index (χ2v) is 4.95. The summed E-state index contributed by atoms with van der Waals surface area (Å²) in [6.45, 7) is 0.580.